The van der Waals surface area contributed by atoms with Crippen LogP contribution in [0, 0.1) is 0 Å². The number of hydrogen-bond donors (Lipinski definition) is 0. The molecule has 0 bridgehead atoms. The molecule has 3 nitrogen and oxygen atoms in total. The SMILES string of the molecule is C=C(CN(C)CCC)C(OC)=C(CC)OC. The van der Waals surface area contributed by atoms with Gasteiger partial charge in [-0.15, -0.1) is 0 Å². The first-order valence-corrected chi connectivity index (χ1v) is 5.78. The topological polar surface area (TPSA) is 21.7 Å². The van der Waals surface area contributed by atoms with Crippen LogP contribution in [0.3, 0.4) is 0 Å². The quantitative estimate of drug-likeness (QED) is 0.470. The van der Waals surface area contributed by atoms with Gasteiger partial charge in [0.2, 0.25) is 0 Å². The molecule has 0 saturated heterocycles. The van der Waals surface area contributed by atoms with Gasteiger partial charge in [0, 0.05) is 18.5 Å². The molecule has 0 aromatic rings. The number of likely N-dealkylation sites (N-methyl/N-ethyl adjacent to an activating group) is 1. The minimum Gasteiger partial charge on any atom is -0.497 e. The summed E-state index contributed by atoms with van der Waals surface area (Å²) in [7, 11) is 5.41. The summed E-state index contributed by atoms with van der Waals surface area (Å²) in [6.45, 7) is 10.1. The van der Waals surface area contributed by atoms with Gasteiger partial charge in [0.1, 0.15) is 5.76 Å². The van der Waals surface area contributed by atoms with E-state index in [4.69, 9.17) is 9.47 Å². The minimum atomic E-state index is 0.785. The molecule has 0 fully saturated rings. The Morgan fingerprint density at radius 2 is 1.81 bits per heavy atom. The molecule has 16 heavy (non-hydrogen) atoms. The van der Waals surface area contributed by atoms with E-state index in [-0.39, 0.29) is 0 Å². The van der Waals surface area contributed by atoms with Crippen molar-refractivity contribution in [1.29, 1.82) is 0 Å². The van der Waals surface area contributed by atoms with Gasteiger partial charge in [-0.05, 0) is 20.0 Å². The van der Waals surface area contributed by atoms with Crippen molar-refractivity contribution in [3.63, 3.8) is 0 Å². The summed E-state index contributed by atoms with van der Waals surface area (Å²) in [5.41, 5.74) is 0.970. The molecule has 0 radical (unpaired) electrons. The number of hydrogen-bond acceptors (Lipinski definition) is 3. The van der Waals surface area contributed by atoms with Crippen LogP contribution >= 0.6 is 0 Å². The highest BCUT2D eigenvalue weighted by atomic mass is 16.5. The highest BCUT2D eigenvalue weighted by Crippen LogP contribution is 2.18. The average molecular weight is 227 g/mol. The summed E-state index contributed by atoms with van der Waals surface area (Å²) in [5.74, 6) is 1.64. The summed E-state index contributed by atoms with van der Waals surface area (Å²) < 4.78 is 10.7. The number of nitrogens with zero attached hydrogens (tertiary/aromatic N) is 1. The number of rotatable bonds is 8. The maximum atomic E-state index is 5.36. The van der Waals surface area contributed by atoms with E-state index in [0.29, 0.717) is 0 Å². The van der Waals surface area contributed by atoms with E-state index in [2.05, 4.69) is 25.5 Å². The molecule has 0 aromatic heterocycles. The summed E-state index contributed by atoms with van der Waals surface area (Å²) in [6.07, 6.45) is 1.96. The van der Waals surface area contributed by atoms with Crippen LogP contribution < -0.4 is 0 Å². The molecule has 0 spiro atoms. The van der Waals surface area contributed by atoms with Crippen molar-refractivity contribution in [1.82, 2.24) is 4.90 Å². The average Bonchev–Trinajstić information content (AvgIpc) is 2.25. The Hall–Kier alpha value is -0.960. The van der Waals surface area contributed by atoms with Gasteiger partial charge in [0.15, 0.2) is 5.76 Å². The van der Waals surface area contributed by atoms with Crippen molar-refractivity contribution in [2.45, 2.75) is 26.7 Å². The Balaban J connectivity index is 4.59. The second kappa shape index (κ2) is 8.22. The minimum absolute atomic E-state index is 0.785. The normalized spacial score (nSPS) is 12.4. The first-order chi connectivity index (χ1) is 7.60. The number of methoxy groups -OCH3 is 2. The molecule has 0 aliphatic carbocycles. The van der Waals surface area contributed by atoms with Crippen molar-refractivity contribution < 1.29 is 9.47 Å². The van der Waals surface area contributed by atoms with Crippen molar-refractivity contribution in [2.24, 2.45) is 0 Å². The molecule has 0 aliphatic heterocycles. The molecule has 0 amide bonds. The first kappa shape index (κ1) is 15.0. The summed E-state index contributed by atoms with van der Waals surface area (Å²) in [4.78, 5) is 2.23. The predicted octanol–water partition coefficient (Wildman–Crippen LogP) is 2.80. The van der Waals surface area contributed by atoms with Gasteiger partial charge < -0.3 is 14.4 Å². The molecule has 0 aromatic carbocycles. The lowest BCUT2D eigenvalue weighted by atomic mass is 10.2. The lowest BCUT2D eigenvalue weighted by Gasteiger charge is -2.20. The Morgan fingerprint density at radius 1 is 1.19 bits per heavy atom. The predicted molar refractivity (Wildman–Crippen MR) is 68.3 cm³/mol. The van der Waals surface area contributed by atoms with E-state index in [0.717, 1.165) is 43.0 Å². The van der Waals surface area contributed by atoms with Crippen LogP contribution in [-0.4, -0.2) is 39.3 Å². The largest absolute Gasteiger partial charge is 0.497 e. The lowest BCUT2D eigenvalue weighted by Crippen LogP contribution is -2.22. The van der Waals surface area contributed by atoms with Gasteiger partial charge >= 0.3 is 0 Å². The van der Waals surface area contributed by atoms with E-state index >= 15 is 0 Å². The molecule has 0 saturated carbocycles. The maximum Gasteiger partial charge on any atom is 0.160 e. The van der Waals surface area contributed by atoms with Gasteiger partial charge in [0.25, 0.3) is 0 Å². The fourth-order valence-electron chi connectivity index (χ4n) is 1.71. The van der Waals surface area contributed by atoms with Crippen molar-refractivity contribution >= 4 is 0 Å². The first-order valence-electron chi connectivity index (χ1n) is 5.78. The van der Waals surface area contributed by atoms with E-state index in [1.807, 2.05) is 6.92 Å². The third-order valence-corrected chi connectivity index (χ3v) is 2.41. The Labute approximate surface area is 99.7 Å². The lowest BCUT2D eigenvalue weighted by molar-refractivity contribution is 0.216. The van der Waals surface area contributed by atoms with E-state index in [1.165, 1.54) is 0 Å². The fraction of sp³-hybridized carbons (Fsp3) is 0.692. The van der Waals surface area contributed by atoms with Gasteiger partial charge in [-0.3, -0.25) is 0 Å². The Morgan fingerprint density at radius 3 is 2.19 bits per heavy atom. The van der Waals surface area contributed by atoms with Gasteiger partial charge in [-0.2, -0.15) is 0 Å². The van der Waals surface area contributed by atoms with Gasteiger partial charge in [-0.25, -0.2) is 0 Å². The molecule has 0 rings (SSSR count). The molecule has 0 atom stereocenters. The molecule has 0 unspecified atom stereocenters. The van der Waals surface area contributed by atoms with E-state index in [1.54, 1.807) is 14.2 Å². The summed E-state index contributed by atoms with van der Waals surface area (Å²) in [6, 6.07) is 0. The van der Waals surface area contributed by atoms with Crippen LogP contribution in [0.15, 0.2) is 23.7 Å². The van der Waals surface area contributed by atoms with Crippen LogP contribution in [0.2, 0.25) is 0 Å². The van der Waals surface area contributed by atoms with Crippen molar-refractivity contribution in [2.75, 3.05) is 34.4 Å². The van der Waals surface area contributed by atoms with Crippen LogP contribution in [0.4, 0.5) is 0 Å². The van der Waals surface area contributed by atoms with E-state index in [9.17, 15) is 0 Å². The van der Waals surface area contributed by atoms with Crippen LogP contribution in [0.25, 0.3) is 0 Å². The highest BCUT2D eigenvalue weighted by molar-refractivity contribution is 5.26. The van der Waals surface area contributed by atoms with Gasteiger partial charge in [0.05, 0.1) is 14.2 Å². The van der Waals surface area contributed by atoms with Crippen molar-refractivity contribution in [3.05, 3.63) is 23.7 Å². The molecule has 0 aliphatic rings. The molecule has 3 heteroatoms. The summed E-state index contributed by atoms with van der Waals surface area (Å²) in [5, 5.41) is 0. The molecule has 0 heterocycles. The second-order valence-electron chi connectivity index (χ2n) is 3.86. The third-order valence-electron chi connectivity index (χ3n) is 2.41. The summed E-state index contributed by atoms with van der Waals surface area (Å²) >= 11 is 0. The Kier molecular flexibility index (Phi) is 7.73. The maximum absolute atomic E-state index is 5.36. The number of allylic oxidation sites excluding steroid dienone is 1. The van der Waals surface area contributed by atoms with Crippen LogP contribution in [-0.2, 0) is 9.47 Å². The third kappa shape index (κ3) is 4.71. The number of ether oxygens (including phenoxy) is 2. The van der Waals surface area contributed by atoms with Gasteiger partial charge in [-0.1, -0.05) is 20.4 Å². The van der Waals surface area contributed by atoms with Crippen molar-refractivity contribution in [3.8, 4) is 0 Å². The zero-order valence-electron chi connectivity index (χ0n) is 11.3. The zero-order valence-corrected chi connectivity index (χ0v) is 11.3. The molecule has 0 N–H and O–H groups in total. The molecular weight excluding hydrogens is 202 g/mol. The monoisotopic (exact) mass is 227 g/mol. The fourth-order valence-corrected chi connectivity index (χ4v) is 1.71. The highest BCUT2D eigenvalue weighted by Gasteiger charge is 2.11. The molecular formula is C13H25NO2. The Bertz CT molecular complexity index is 240. The standard InChI is InChI=1S/C13H25NO2/c1-7-9-14(4)10-11(3)13(16-6)12(8-2)15-5/h3,7-10H2,1-2,4-6H3. The van der Waals surface area contributed by atoms with Crippen LogP contribution in [0.5, 0.6) is 0 Å². The molecule has 94 valence electrons. The smallest absolute Gasteiger partial charge is 0.160 e. The van der Waals surface area contributed by atoms with Crippen LogP contribution in [0.1, 0.15) is 26.7 Å². The van der Waals surface area contributed by atoms with E-state index < -0.39 is 0 Å². The zero-order chi connectivity index (χ0) is 12.6. The second-order valence-corrected chi connectivity index (χ2v) is 3.86.